The molecule has 0 aromatic carbocycles. The lowest BCUT2D eigenvalue weighted by molar-refractivity contribution is -0.121. The van der Waals surface area contributed by atoms with Gasteiger partial charge in [0.05, 0.1) is 0 Å². The number of hydrogen-bond acceptors (Lipinski definition) is 4. The van der Waals surface area contributed by atoms with E-state index in [0.717, 1.165) is 64.7 Å². The summed E-state index contributed by atoms with van der Waals surface area (Å²) in [6.45, 7) is 13.2. The van der Waals surface area contributed by atoms with Crippen molar-refractivity contribution in [3.05, 3.63) is 0 Å². The van der Waals surface area contributed by atoms with E-state index < -0.39 is 0 Å². The summed E-state index contributed by atoms with van der Waals surface area (Å²) in [5, 5.41) is 6.51. The number of carbonyl (C=O) groups excluding carboxylic acids is 1. The number of likely N-dealkylation sites (N-methyl/N-ethyl adjacent to an activating group) is 1. The molecule has 1 unspecified atom stereocenters. The SMILES string of the molecule is CCN1CCN(C(C)CNC(=O)CCC2CCNCC2)CC1. The Labute approximate surface area is 135 Å². The van der Waals surface area contributed by atoms with Crippen LogP contribution >= 0.6 is 0 Å². The fourth-order valence-corrected chi connectivity index (χ4v) is 3.50. The average molecular weight is 310 g/mol. The Morgan fingerprint density at radius 3 is 2.55 bits per heavy atom. The molecule has 2 rings (SSSR count). The maximum Gasteiger partial charge on any atom is 0.220 e. The number of piperidine rings is 1. The number of carbonyl (C=O) groups is 1. The van der Waals surface area contributed by atoms with E-state index >= 15 is 0 Å². The van der Waals surface area contributed by atoms with Crippen molar-refractivity contribution in [2.45, 2.75) is 45.6 Å². The van der Waals surface area contributed by atoms with Gasteiger partial charge in [-0.2, -0.15) is 0 Å². The normalized spacial score (nSPS) is 23.4. The predicted molar refractivity (Wildman–Crippen MR) is 91.0 cm³/mol. The third kappa shape index (κ3) is 5.86. The highest BCUT2D eigenvalue weighted by molar-refractivity contribution is 5.75. The van der Waals surface area contributed by atoms with Gasteiger partial charge in [-0.05, 0) is 51.7 Å². The molecular formula is C17H34N4O. The van der Waals surface area contributed by atoms with Gasteiger partial charge in [-0.3, -0.25) is 9.69 Å². The highest BCUT2D eigenvalue weighted by Gasteiger charge is 2.20. The smallest absolute Gasteiger partial charge is 0.220 e. The molecule has 1 amide bonds. The van der Waals surface area contributed by atoms with Gasteiger partial charge in [0.25, 0.3) is 0 Å². The van der Waals surface area contributed by atoms with E-state index in [1.807, 2.05) is 0 Å². The fraction of sp³-hybridized carbons (Fsp3) is 0.941. The maximum absolute atomic E-state index is 12.0. The second kappa shape index (κ2) is 9.48. The van der Waals surface area contributed by atoms with Crippen molar-refractivity contribution in [3.63, 3.8) is 0 Å². The Bertz CT molecular complexity index is 323. The lowest BCUT2D eigenvalue weighted by Gasteiger charge is -2.37. The van der Waals surface area contributed by atoms with Crippen LogP contribution in [0.1, 0.15) is 39.5 Å². The predicted octanol–water partition coefficient (Wildman–Crippen LogP) is 0.908. The van der Waals surface area contributed by atoms with E-state index in [4.69, 9.17) is 0 Å². The first-order valence-corrected chi connectivity index (χ1v) is 9.13. The highest BCUT2D eigenvalue weighted by atomic mass is 16.1. The van der Waals surface area contributed by atoms with Crippen LogP contribution in [-0.4, -0.2) is 74.1 Å². The first-order chi connectivity index (χ1) is 10.7. The Morgan fingerprint density at radius 2 is 1.91 bits per heavy atom. The van der Waals surface area contributed by atoms with E-state index in [-0.39, 0.29) is 5.91 Å². The summed E-state index contributed by atoms with van der Waals surface area (Å²) in [5.74, 6) is 0.976. The van der Waals surface area contributed by atoms with Gasteiger partial charge in [0.2, 0.25) is 5.91 Å². The van der Waals surface area contributed by atoms with Crippen LogP contribution in [-0.2, 0) is 4.79 Å². The lowest BCUT2D eigenvalue weighted by atomic mass is 9.93. The molecular weight excluding hydrogens is 276 g/mol. The minimum absolute atomic E-state index is 0.234. The van der Waals surface area contributed by atoms with Gasteiger partial charge in [-0.15, -0.1) is 0 Å². The number of piperazine rings is 1. The molecule has 5 nitrogen and oxygen atoms in total. The van der Waals surface area contributed by atoms with E-state index in [1.165, 1.54) is 12.8 Å². The molecule has 22 heavy (non-hydrogen) atoms. The van der Waals surface area contributed by atoms with Crippen molar-refractivity contribution in [1.82, 2.24) is 20.4 Å². The molecule has 2 N–H and O–H groups in total. The van der Waals surface area contributed by atoms with Crippen LogP contribution in [0.15, 0.2) is 0 Å². The van der Waals surface area contributed by atoms with Gasteiger partial charge in [-0.25, -0.2) is 0 Å². The van der Waals surface area contributed by atoms with Crippen molar-refractivity contribution in [3.8, 4) is 0 Å². The zero-order valence-corrected chi connectivity index (χ0v) is 14.4. The zero-order chi connectivity index (χ0) is 15.8. The summed E-state index contributed by atoms with van der Waals surface area (Å²) >= 11 is 0. The van der Waals surface area contributed by atoms with Crippen LogP contribution in [0.2, 0.25) is 0 Å². The van der Waals surface area contributed by atoms with E-state index in [1.54, 1.807) is 0 Å². The standard InChI is InChI=1S/C17H34N4O/c1-3-20-10-12-21(13-11-20)15(2)14-19-17(22)5-4-16-6-8-18-9-7-16/h15-16,18H,3-14H2,1-2H3,(H,19,22). The monoisotopic (exact) mass is 310 g/mol. The van der Waals surface area contributed by atoms with Crippen LogP contribution < -0.4 is 10.6 Å². The highest BCUT2D eigenvalue weighted by Crippen LogP contribution is 2.17. The van der Waals surface area contributed by atoms with Gasteiger partial charge >= 0.3 is 0 Å². The molecule has 2 aliphatic heterocycles. The fourth-order valence-electron chi connectivity index (χ4n) is 3.50. The molecule has 1 atom stereocenters. The number of rotatable bonds is 7. The second-order valence-electron chi connectivity index (χ2n) is 6.86. The maximum atomic E-state index is 12.0. The Hall–Kier alpha value is -0.650. The first kappa shape index (κ1) is 17.7. The van der Waals surface area contributed by atoms with Gasteiger partial charge in [0.1, 0.15) is 0 Å². The molecule has 0 spiro atoms. The van der Waals surface area contributed by atoms with Gasteiger partial charge in [0, 0.05) is 45.2 Å². The van der Waals surface area contributed by atoms with Gasteiger partial charge < -0.3 is 15.5 Å². The molecule has 128 valence electrons. The Morgan fingerprint density at radius 1 is 1.23 bits per heavy atom. The second-order valence-corrected chi connectivity index (χ2v) is 6.86. The molecule has 2 fully saturated rings. The Kier molecular flexibility index (Phi) is 7.63. The lowest BCUT2D eigenvalue weighted by Crippen LogP contribution is -2.52. The zero-order valence-electron chi connectivity index (χ0n) is 14.4. The van der Waals surface area contributed by atoms with Crippen molar-refractivity contribution in [2.24, 2.45) is 5.92 Å². The van der Waals surface area contributed by atoms with E-state index in [2.05, 4.69) is 34.3 Å². The number of nitrogens with one attached hydrogen (secondary N) is 2. The summed E-state index contributed by atoms with van der Waals surface area (Å²) in [5.41, 5.74) is 0. The van der Waals surface area contributed by atoms with E-state index in [9.17, 15) is 4.79 Å². The summed E-state index contributed by atoms with van der Waals surface area (Å²) < 4.78 is 0. The third-order valence-corrected chi connectivity index (χ3v) is 5.31. The van der Waals surface area contributed by atoms with E-state index in [0.29, 0.717) is 12.5 Å². The van der Waals surface area contributed by atoms with Crippen LogP contribution in [0, 0.1) is 5.92 Å². The number of nitrogens with zero attached hydrogens (tertiary/aromatic N) is 2. The molecule has 2 aliphatic rings. The third-order valence-electron chi connectivity index (χ3n) is 5.31. The minimum Gasteiger partial charge on any atom is -0.355 e. The van der Waals surface area contributed by atoms with Crippen molar-refractivity contribution in [2.75, 3.05) is 52.4 Å². The van der Waals surface area contributed by atoms with Crippen molar-refractivity contribution < 1.29 is 4.79 Å². The topological polar surface area (TPSA) is 47.6 Å². The van der Waals surface area contributed by atoms with Crippen LogP contribution in [0.4, 0.5) is 0 Å². The largest absolute Gasteiger partial charge is 0.355 e. The molecule has 0 aromatic heterocycles. The summed E-state index contributed by atoms with van der Waals surface area (Å²) in [7, 11) is 0. The van der Waals surface area contributed by atoms with Gasteiger partial charge in [0.15, 0.2) is 0 Å². The van der Waals surface area contributed by atoms with Gasteiger partial charge in [-0.1, -0.05) is 6.92 Å². The van der Waals surface area contributed by atoms with Crippen LogP contribution in [0.3, 0.4) is 0 Å². The molecule has 0 bridgehead atoms. The molecule has 0 saturated carbocycles. The summed E-state index contributed by atoms with van der Waals surface area (Å²) in [6, 6.07) is 0.446. The minimum atomic E-state index is 0.234. The first-order valence-electron chi connectivity index (χ1n) is 9.13. The molecule has 0 aliphatic carbocycles. The molecule has 2 heterocycles. The molecule has 2 saturated heterocycles. The summed E-state index contributed by atoms with van der Waals surface area (Å²) in [4.78, 5) is 17.0. The number of amides is 1. The molecule has 0 radical (unpaired) electrons. The average Bonchev–Trinajstić information content (AvgIpc) is 2.58. The molecule has 5 heteroatoms. The van der Waals surface area contributed by atoms with Crippen LogP contribution in [0.5, 0.6) is 0 Å². The Balaban J connectivity index is 1.57. The summed E-state index contributed by atoms with van der Waals surface area (Å²) in [6.07, 6.45) is 4.20. The quantitative estimate of drug-likeness (QED) is 0.734. The van der Waals surface area contributed by atoms with Crippen molar-refractivity contribution >= 4 is 5.91 Å². The van der Waals surface area contributed by atoms with Crippen molar-refractivity contribution in [1.29, 1.82) is 0 Å². The number of hydrogen-bond donors (Lipinski definition) is 2. The van der Waals surface area contributed by atoms with Crippen LogP contribution in [0.25, 0.3) is 0 Å². The molecule has 0 aromatic rings.